The summed E-state index contributed by atoms with van der Waals surface area (Å²) in [5, 5.41) is 3.98. The highest BCUT2D eigenvalue weighted by Gasteiger charge is 2.04. The smallest absolute Gasteiger partial charge is 0.137 e. The van der Waals surface area contributed by atoms with Gasteiger partial charge in [-0.2, -0.15) is 0 Å². The molecule has 68 valence electrons. The van der Waals surface area contributed by atoms with E-state index in [-0.39, 0.29) is 0 Å². The first kappa shape index (κ1) is 9.30. The summed E-state index contributed by atoms with van der Waals surface area (Å²) in [5.41, 5.74) is 1.09. The van der Waals surface area contributed by atoms with Crippen LogP contribution in [0.25, 0.3) is 0 Å². The first-order chi connectivity index (χ1) is 5.72. The fourth-order valence-corrected chi connectivity index (χ4v) is 1.23. The summed E-state index contributed by atoms with van der Waals surface area (Å²) in [7, 11) is 0. The van der Waals surface area contributed by atoms with Crippen molar-refractivity contribution in [2.75, 3.05) is 0 Å². The summed E-state index contributed by atoms with van der Waals surface area (Å²) in [6.07, 6.45) is 3.16. The molecule has 0 saturated heterocycles. The highest BCUT2D eigenvalue weighted by molar-refractivity contribution is 5.05. The third-order valence-corrected chi connectivity index (χ3v) is 1.72. The van der Waals surface area contributed by atoms with Crippen LogP contribution in [0.5, 0.6) is 0 Å². The molecule has 0 atom stereocenters. The zero-order chi connectivity index (χ0) is 8.97. The maximum atomic E-state index is 5.18. The number of nitrogens with zero attached hydrogens (tertiary/aromatic N) is 1. The van der Waals surface area contributed by atoms with Gasteiger partial charge in [-0.05, 0) is 12.3 Å². The van der Waals surface area contributed by atoms with Gasteiger partial charge in [-0.1, -0.05) is 32.3 Å². The number of aromatic nitrogens is 1. The molecule has 0 spiro atoms. The van der Waals surface area contributed by atoms with Gasteiger partial charge in [0, 0.05) is 12.5 Å². The highest BCUT2D eigenvalue weighted by Crippen LogP contribution is 2.10. The quantitative estimate of drug-likeness (QED) is 0.689. The van der Waals surface area contributed by atoms with Crippen LogP contribution in [0.2, 0.25) is 0 Å². The molecule has 0 aromatic carbocycles. The summed E-state index contributed by atoms with van der Waals surface area (Å²) in [5.74, 6) is 1.67. The Morgan fingerprint density at radius 3 is 2.83 bits per heavy atom. The summed E-state index contributed by atoms with van der Waals surface area (Å²) >= 11 is 0. The lowest BCUT2D eigenvalue weighted by Gasteiger charge is -1.96. The van der Waals surface area contributed by atoms with E-state index in [0.717, 1.165) is 30.7 Å². The van der Waals surface area contributed by atoms with Crippen LogP contribution in [-0.2, 0) is 12.8 Å². The fraction of sp³-hybridized carbons (Fsp3) is 0.700. The van der Waals surface area contributed by atoms with Gasteiger partial charge >= 0.3 is 0 Å². The van der Waals surface area contributed by atoms with Gasteiger partial charge in [-0.25, -0.2) is 0 Å². The van der Waals surface area contributed by atoms with E-state index in [1.54, 1.807) is 0 Å². The molecule has 0 amide bonds. The zero-order valence-corrected chi connectivity index (χ0v) is 8.13. The minimum Gasteiger partial charge on any atom is -0.361 e. The van der Waals surface area contributed by atoms with Gasteiger partial charge in [0.2, 0.25) is 0 Å². The molecule has 2 nitrogen and oxygen atoms in total. The van der Waals surface area contributed by atoms with Gasteiger partial charge in [0.05, 0.1) is 5.69 Å². The van der Waals surface area contributed by atoms with E-state index in [9.17, 15) is 0 Å². The van der Waals surface area contributed by atoms with Crippen LogP contribution in [0.4, 0.5) is 0 Å². The first-order valence-corrected chi connectivity index (χ1v) is 4.66. The molecule has 2 heteroatoms. The number of rotatable bonds is 4. The minimum atomic E-state index is 0.646. The average molecular weight is 167 g/mol. The fourth-order valence-electron chi connectivity index (χ4n) is 1.23. The molecule has 0 aliphatic heterocycles. The van der Waals surface area contributed by atoms with Crippen LogP contribution in [0.1, 0.15) is 38.6 Å². The second kappa shape index (κ2) is 4.29. The van der Waals surface area contributed by atoms with Gasteiger partial charge in [-0.15, -0.1) is 0 Å². The summed E-state index contributed by atoms with van der Waals surface area (Å²) < 4.78 is 5.18. The third kappa shape index (κ3) is 2.68. The average Bonchev–Trinajstić information content (AvgIpc) is 2.36. The molecule has 0 saturated carbocycles. The standard InChI is InChI=1S/C10H17NO/c1-4-5-9-7-10(12-11-9)6-8(2)3/h7-8H,4-6H2,1-3H3. The highest BCUT2D eigenvalue weighted by atomic mass is 16.5. The Labute approximate surface area is 74.0 Å². The molecule has 0 N–H and O–H groups in total. The molecule has 0 aliphatic rings. The van der Waals surface area contributed by atoms with Crippen LogP contribution in [0, 0.1) is 5.92 Å². The second-order valence-electron chi connectivity index (χ2n) is 3.63. The van der Waals surface area contributed by atoms with Crippen molar-refractivity contribution < 1.29 is 4.52 Å². The zero-order valence-electron chi connectivity index (χ0n) is 8.13. The Balaban J connectivity index is 2.52. The lowest BCUT2D eigenvalue weighted by molar-refractivity contribution is 0.363. The molecule has 1 aromatic rings. The molecular weight excluding hydrogens is 150 g/mol. The van der Waals surface area contributed by atoms with Crippen LogP contribution in [0.15, 0.2) is 10.6 Å². The molecule has 1 aromatic heterocycles. The SMILES string of the molecule is CCCc1cc(CC(C)C)on1. The van der Waals surface area contributed by atoms with Crippen molar-refractivity contribution >= 4 is 0 Å². The van der Waals surface area contributed by atoms with Crippen molar-refractivity contribution in [1.29, 1.82) is 0 Å². The maximum Gasteiger partial charge on any atom is 0.137 e. The molecule has 1 rings (SSSR count). The predicted octanol–water partition coefficient (Wildman–Crippen LogP) is 2.83. The molecule has 0 bridgehead atoms. The van der Waals surface area contributed by atoms with Crippen molar-refractivity contribution in [2.24, 2.45) is 5.92 Å². The summed E-state index contributed by atoms with van der Waals surface area (Å²) in [6.45, 7) is 6.51. The van der Waals surface area contributed by atoms with Crippen LogP contribution in [0.3, 0.4) is 0 Å². The Morgan fingerprint density at radius 1 is 1.50 bits per heavy atom. The Morgan fingerprint density at radius 2 is 2.25 bits per heavy atom. The molecule has 0 aliphatic carbocycles. The lowest BCUT2D eigenvalue weighted by Crippen LogP contribution is -1.91. The maximum absolute atomic E-state index is 5.18. The molecular formula is C10H17NO. The molecule has 1 heterocycles. The monoisotopic (exact) mass is 167 g/mol. The van der Waals surface area contributed by atoms with E-state index in [1.165, 1.54) is 0 Å². The normalized spacial score (nSPS) is 11.0. The van der Waals surface area contributed by atoms with E-state index < -0.39 is 0 Å². The van der Waals surface area contributed by atoms with Crippen molar-refractivity contribution in [3.8, 4) is 0 Å². The number of aryl methyl sites for hydroxylation is 1. The third-order valence-electron chi connectivity index (χ3n) is 1.72. The van der Waals surface area contributed by atoms with Crippen LogP contribution >= 0.6 is 0 Å². The van der Waals surface area contributed by atoms with Crippen molar-refractivity contribution in [3.63, 3.8) is 0 Å². The van der Waals surface area contributed by atoms with Gasteiger partial charge in [0.1, 0.15) is 5.76 Å². The molecule has 12 heavy (non-hydrogen) atoms. The van der Waals surface area contributed by atoms with E-state index in [4.69, 9.17) is 4.52 Å². The summed E-state index contributed by atoms with van der Waals surface area (Å²) in [6, 6.07) is 2.07. The van der Waals surface area contributed by atoms with Crippen molar-refractivity contribution in [3.05, 3.63) is 17.5 Å². The van der Waals surface area contributed by atoms with E-state index >= 15 is 0 Å². The van der Waals surface area contributed by atoms with Crippen molar-refractivity contribution in [2.45, 2.75) is 40.0 Å². The van der Waals surface area contributed by atoms with E-state index in [0.29, 0.717) is 5.92 Å². The van der Waals surface area contributed by atoms with Crippen LogP contribution in [-0.4, -0.2) is 5.16 Å². The van der Waals surface area contributed by atoms with Crippen molar-refractivity contribution in [1.82, 2.24) is 5.16 Å². The molecule has 0 fully saturated rings. The predicted molar refractivity (Wildman–Crippen MR) is 49.0 cm³/mol. The van der Waals surface area contributed by atoms with Gasteiger partial charge < -0.3 is 4.52 Å². The largest absolute Gasteiger partial charge is 0.361 e. The van der Waals surface area contributed by atoms with Gasteiger partial charge in [-0.3, -0.25) is 0 Å². The Hall–Kier alpha value is -0.790. The summed E-state index contributed by atoms with van der Waals surface area (Å²) in [4.78, 5) is 0. The molecule has 0 unspecified atom stereocenters. The van der Waals surface area contributed by atoms with Gasteiger partial charge in [0.25, 0.3) is 0 Å². The van der Waals surface area contributed by atoms with Crippen LogP contribution < -0.4 is 0 Å². The minimum absolute atomic E-state index is 0.646. The Bertz CT molecular complexity index is 227. The lowest BCUT2D eigenvalue weighted by atomic mass is 10.1. The molecule has 0 radical (unpaired) electrons. The number of hydrogen-bond donors (Lipinski definition) is 0. The second-order valence-corrected chi connectivity index (χ2v) is 3.63. The van der Waals surface area contributed by atoms with E-state index in [2.05, 4.69) is 32.0 Å². The number of hydrogen-bond acceptors (Lipinski definition) is 2. The van der Waals surface area contributed by atoms with Gasteiger partial charge in [0.15, 0.2) is 0 Å². The van der Waals surface area contributed by atoms with E-state index in [1.807, 2.05) is 0 Å². The first-order valence-electron chi connectivity index (χ1n) is 4.66. The Kier molecular flexibility index (Phi) is 3.32. The topological polar surface area (TPSA) is 26.0 Å².